The molecule has 6 heteroatoms. The molecule has 146 valence electrons. The highest BCUT2D eigenvalue weighted by molar-refractivity contribution is 5.99. The maximum atomic E-state index is 12.7. The van der Waals surface area contributed by atoms with Gasteiger partial charge in [0.05, 0.1) is 18.0 Å². The third-order valence-corrected chi connectivity index (χ3v) is 3.25. The second-order valence-electron chi connectivity index (χ2n) is 7.58. The standard InChI is InChI=1S/C20H32N2O4/c1-8-9-10-25-18-12-17(22-14(4)23)16(21-13(2)3)11-15(18)19(24)26-20(5,6)7/h11-13,21H,8-10H2,1-7H3,(H,22,23). The maximum absolute atomic E-state index is 12.7. The zero-order valence-electron chi connectivity index (χ0n) is 17.0. The Bertz CT molecular complexity index is 633. The van der Waals surface area contributed by atoms with Gasteiger partial charge in [0.15, 0.2) is 0 Å². The summed E-state index contributed by atoms with van der Waals surface area (Å²) < 4.78 is 11.3. The van der Waals surface area contributed by atoms with Crippen molar-refractivity contribution in [2.24, 2.45) is 0 Å². The molecule has 1 rings (SSSR count). The summed E-state index contributed by atoms with van der Waals surface area (Å²) in [6.45, 7) is 13.4. The number of ether oxygens (including phenoxy) is 2. The van der Waals surface area contributed by atoms with Gasteiger partial charge >= 0.3 is 5.97 Å². The van der Waals surface area contributed by atoms with Crippen molar-refractivity contribution in [3.8, 4) is 5.75 Å². The van der Waals surface area contributed by atoms with Crippen LogP contribution in [-0.4, -0.2) is 30.1 Å². The molecular weight excluding hydrogens is 332 g/mol. The van der Waals surface area contributed by atoms with E-state index in [2.05, 4.69) is 17.6 Å². The normalized spacial score (nSPS) is 11.2. The molecule has 0 aliphatic heterocycles. The van der Waals surface area contributed by atoms with E-state index in [1.54, 1.807) is 12.1 Å². The summed E-state index contributed by atoms with van der Waals surface area (Å²) in [5.74, 6) is -0.239. The van der Waals surface area contributed by atoms with Crippen molar-refractivity contribution in [1.29, 1.82) is 0 Å². The number of anilines is 2. The van der Waals surface area contributed by atoms with E-state index >= 15 is 0 Å². The van der Waals surface area contributed by atoms with Crippen LogP contribution in [0.2, 0.25) is 0 Å². The second-order valence-corrected chi connectivity index (χ2v) is 7.58. The van der Waals surface area contributed by atoms with Crippen LogP contribution in [0.1, 0.15) is 71.7 Å². The van der Waals surface area contributed by atoms with Gasteiger partial charge < -0.3 is 20.1 Å². The predicted octanol–water partition coefficient (Wildman–Crippen LogP) is 4.60. The van der Waals surface area contributed by atoms with Gasteiger partial charge in [-0.15, -0.1) is 0 Å². The molecule has 0 spiro atoms. The first-order valence-electron chi connectivity index (χ1n) is 9.11. The van der Waals surface area contributed by atoms with Gasteiger partial charge in [0, 0.05) is 19.0 Å². The molecule has 0 unspecified atom stereocenters. The van der Waals surface area contributed by atoms with Gasteiger partial charge in [0.2, 0.25) is 5.91 Å². The molecule has 0 saturated carbocycles. The molecule has 0 atom stereocenters. The van der Waals surface area contributed by atoms with E-state index in [1.165, 1.54) is 6.92 Å². The zero-order chi connectivity index (χ0) is 19.9. The molecule has 0 heterocycles. The van der Waals surface area contributed by atoms with E-state index in [4.69, 9.17) is 9.47 Å². The fourth-order valence-corrected chi connectivity index (χ4v) is 2.24. The lowest BCUT2D eigenvalue weighted by molar-refractivity contribution is -0.114. The molecule has 0 aliphatic rings. The Balaban J connectivity index is 3.35. The van der Waals surface area contributed by atoms with Gasteiger partial charge in [-0.2, -0.15) is 0 Å². The van der Waals surface area contributed by atoms with Crippen LogP contribution >= 0.6 is 0 Å². The number of nitrogens with one attached hydrogen (secondary N) is 2. The van der Waals surface area contributed by atoms with E-state index in [0.717, 1.165) is 12.8 Å². The molecule has 1 aromatic rings. The average Bonchev–Trinajstić information content (AvgIpc) is 2.46. The van der Waals surface area contributed by atoms with E-state index in [-0.39, 0.29) is 11.9 Å². The molecule has 1 aromatic carbocycles. The van der Waals surface area contributed by atoms with Crippen molar-refractivity contribution in [3.05, 3.63) is 17.7 Å². The van der Waals surface area contributed by atoms with Crippen molar-refractivity contribution in [2.75, 3.05) is 17.2 Å². The molecule has 26 heavy (non-hydrogen) atoms. The Labute approximate surface area is 156 Å². The minimum absolute atomic E-state index is 0.126. The van der Waals surface area contributed by atoms with Crippen molar-refractivity contribution in [1.82, 2.24) is 0 Å². The largest absolute Gasteiger partial charge is 0.493 e. The Kier molecular flexibility index (Phi) is 7.93. The SMILES string of the molecule is CCCCOc1cc(NC(C)=O)c(NC(C)C)cc1C(=O)OC(C)(C)C. The Hall–Kier alpha value is -2.24. The van der Waals surface area contributed by atoms with Crippen LogP contribution in [0.15, 0.2) is 12.1 Å². The molecule has 0 saturated heterocycles. The highest BCUT2D eigenvalue weighted by Gasteiger charge is 2.23. The molecule has 0 aliphatic carbocycles. The number of rotatable bonds is 8. The van der Waals surface area contributed by atoms with Gasteiger partial charge in [0.1, 0.15) is 16.9 Å². The summed E-state index contributed by atoms with van der Waals surface area (Å²) in [5.41, 5.74) is 0.955. The number of esters is 1. The van der Waals surface area contributed by atoms with E-state index in [9.17, 15) is 9.59 Å². The molecule has 6 nitrogen and oxygen atoms in total. The first-order valence-corrected chi connectivity index (χ1v) is 9.11. The predicted molar refractivity (Wildman–Crippen MR) is 105 cm³/mol. The molecule has 0 fully saturated rings. The highest BCUT2D eigenvalue weighted by Crippen LogP contribution is 2.33. The smallest absolute Gasteiger partial charge is 0.342 e. The molecule has 1 amide bonds. The Morgan fingerprint density at radius 1 is 1.15 bits per heavy atom. The summed E-state index contributed by atoms with van der Waals surface area (Å²) in [5, 5.41) is 6.04. The van der Waals surface area contributed by atoms with Crippen LogP contribution in [0, 0.1) is 0 Å². The second kappa shape index (κ2) is 9.46. The lowest BCUT2D eigenvalue weighted by atomic mass is 10.1. The molecular formula is C20H32N2O4. The van der Waals surface area contributed by atoms with Crippen LogP contribution in [0.3, 0.4) is 0 Å². The number of hydrogen-bond donors (Lipinski definition) is 2. The number of carbonyl (C=O) groups is 2. The third kappa shape index (κ3) is 7.33. The van der Waals surface area contributed by atoms with Gasteiger partial charge in [-0.1, -0.05) is 13.3 Å². The minimum atomic E-state index is -0.611. The van der Waals surface area contributed by atoms with E-state index < -0.39 is 11.6 Å². The van der Waals surface area contributed by atoms with Crippen molar-refractivity contribution >= 4 is 23.3 Å². The Morgan fingerprint density at radius 2 is 1.81 bits per heavy atom. The van der Waals surface area contributed by atoms with Crippen LogP contribution in [0.5, 0.6) is 5.75 Å². The monoisotopic (exact) mass is 364 g/mol. The number of unbranched alkanes of at least 4 members (excludes halogenated alkanes) is 1. The van der Waals surface area contributed by atoms with Gasteiger partial charge in [-0.3, -0.25) is 4.79 Å². The fraction of sp³-hybridized carbons (Fsp3) is 0.600. The summed E-state index contributed by atoms with van der Waals surface area (Å²) >= 11 is 0. The van der Waals surface area contributed by atoms with E-state index in [1.807, 2.05) is 34.6 Å². The number of carbonyl (C=O) groups excluding carboxylic acids is 2. The van der Waals surface area contributed by atoms with Crippen LogP contribution < -0.4 is 15.4 Å². The van der Waals surface area contributed by atoms with Gasteiger partial charge in [-0.25, -0.2) is 4.79 Å². The van der Waals surface area contributed by atoms with Crippen LogP contribution in [0.25, 0.3) is 0 Å². The molecule has 0 bridgehead atoms. The Morgan fingerprint density at radius 3 is 2.31 bits per heavy atom. The topological polar surface area (TPSA) is 76.7 Å². The third-order valence-electron chi connectivity index (χ3n) is 3.25. The van der Waals surface area contributed by atoms with Gasteiger partial charge in [0.25, 0.3) is 0 Å². The summed E-state index contributed by atoms with van der Waals surface area (Å²) in [4.78, 5) is 24.2. The molecule has 2 N–H and O–H groups in total. The zero-order valence-corrected chi connectivity index (χ0v) is 17.0. The quantitative estimate of drug-likeness (QED) is 0.521. The fourth-order valence-electron chi connectivity index (χ4n) is 2.24. The number of benzene rings is 1. The summed E-state index contributed by atoms with van der Waals surface area (Å²) in [6.07, 6.45) is 1.85. The first-order chi connectivity index (χ1) is 12.0. The van der Waals surface area contributed by atoms with Crippen LogP contribution in [-0.2, 0) is 9.53 Å². The number of hydrogen-bond acceptors (Lipinski definition) is 5. The maximum Gasteiger partial charge on any atom is 0.342 e. The lowest BCUT2D eigenvalue weighted by Crippen LogP contribution is -2.25. The van der Waals surface area contributed by atoms with Crippen molar-refractivity contribution in [3.63, 3.8) is 0 Å². The lowest BCUT2D eigenvalue weighted by Gasteiger charge is -2.23. The van der Waals surface area contributed by atoms with Crippen molar-refractivity contribution < 1.29 is 19.1 Å². The summed E-state index contributed by atoms with van der Waals surface area (Å²) in [6, 6.07) is 3.49. The first kappa shape index (κ1) is 21.8. The van der Waals surface area contributed by atoms with Crippen LogP contribution in [0.4, 0.5) is 11.4 Å². The van der Waals surface area contributed by atoms with Crippen molar-refractivity contribution in [2.45, 2.75) is 73.0 Å². The average molecular weight is 364 g/mol. The number of amides is 1. The van der Waals surface area contributed by atoms with Gasteiger partial charge in [-0.05, 0) is 47.1 Å². The van der Waals surface area contributed by atoms with E-state index in [0.29, 0.717) is 29.3 Å². The molecule has 0 aromatic heterocycles. The highest BCUT2D eigenvalue weighted by atomic mass is 16.6. The minimum Gasteiger partial charge on any atom is -0.493 e. The molecule has 0 radical (unpaired) electrons. The summed E-state index contributed by atoms with van der Waals surface area (Å²) in [7, 11) is 0.